The molecular weight excluding hydrogens is 216 g/mol. The largest absolute Gasteiger partial charge is 0.384 e. The topological polar surface area (TPSA) is 38.9 Å². The highest BCUT2D eigenvalue weighted by atomic mass is 32.2. The van der Waals surface area contributed by atoms with Gasteiger partial charge in [-0.15, -0.1) is 0 Å². The fraction of sp³-hybridized carbons (Fsp3) is 0.154. The van der Waals surface area contributed by atoms with Crippen LogP contribution >= 0.6 is 11.8 Å². The Morgan fingerprint density at radius 3 is 2.38 bits per heavy atom. The molecule has 1 aromatic heterocycles. The summed E-state index contributed by atoms with van der Waals surface area (Å²) >= 11 is 1.70. The van der Waals surface area contributed by atoms with Crippen molar-refractivity contribution < 1.29 is 0 Å². The minimum atomic E-state index is 0.560. The van der Waals surface area contributed by atoms with E-state index in [4.69, 9.17) is 5.73 Å². The van der Waals surface area contributed by atoms with Gasteiger partial charge >= 0.3 is 0 Å². The molecule has 2 aromatic rings. The molecule has 0 bridgehead atoms. The van der Waals surface area contributed by atoms with Gasteiger partial charge < -0.3 is 5.73 Å². The monoisotopic (exact) mass is 230 g/mol. The van der Waals surface area contributed by atoms with Crippen molar-refractivity contribution in [1.29, 1.82) is 0 Å². The Balaban J connectivity index is 2.20. The maximum Gasteiger partial charge on any atom is 0.123 e. The normalized spacial score (nSPS) is 10.4. The first kappa shape index (κ1) is 11.0. The molecule has 0 aliphatic heterocycles. The molecule has 16 heavy (non-hydrogen) atoms. The zero-order valence-electron chi connectivity index (χ0n) is 9.40. The number of aromatic nitrogens is 1. The summed E-state index contributed by atoms with van der Waals surface area (Å²) in [5, 5.41) is 0. The Kier molecular flexibility index (Phi) is 3.15. The molecule has 1 heterocycles. The van der Waals surface area contributed by atoms with E-state index in [1.165, 1.54) is 16.0 Å². The molecule has 82 valence electrons. The Morgan fingerprint density at radius 1 is 1.00 bits per heavy atom. The van der Waals surface area contributed by atoms with Crippen LogP contribution in [0.2, 0.25) is 0 Å². The highest BCUT2D eigenvalue weighted by molar-refractivity contribution is 7.99. The molecule has 2 rings (SSSR count). The minimum Gasteiger partial charge on any atom is -0.384 e. The third kappa shape index (κ3) is 2.55. The number of aryl methyl sites for hydroxylation is 2. The van der Waals surface area contributed by atoms with E-state index in [0.29, 0.717) is 5.82 Å². The molecule has 0 radical (unpaired) electrons. The Labute approximate surface area is 99.9 Å². The maximum absolute atomic E-state index is 5.54. The standard InChI is InChI=1S/C13H14N2S/c1-9-3-4-11(7-10(9)2)16-12-5-6-13(14)15-8-12/h3-8H,1-2H3,(H2,14,15). The van der Waals surface area contributed by atoms with Crippen molar-refractivity contribution in [3.05, 3.63) is 47.7 Å². The number of anilines is 1. The van der Waals surface area contributed by atoms with Crippen LogP contribution in [-0.2, 0) is 0 Å². The molecule has 1 aromatic carbocycles. The SMILES string of the molecule is Cc1ccc(Sc2ccc(N)nc2)cc1C. The molecule has 2 N–H and O–H groups in total. The number of hydrogen-bond acceptors (Lipinski definition) is 3. The van der Waals surface area contributed by atoms with Crippen LogP contribution in [0.3, 0.4) is 0 Å². The molecule has 0 saturated carbocycles. The van der Waals surface area contributed by atoms with Gasteiger partial charge in [-0.1, -0.05) is 17.8 Å². The van der Waals surface area contributed by atoms with Crippen molar-refractivity contribution >= 4 is 17.6 Å². The van der Waals surface area contributed by atoms with Gasteiger partial charge in [-0.25, -0.2) is 4.98 Å². The molecule has 0 atom stereocenters. The maximum atomic E-state index is 5.54. The van der Waals surface area contributed by atoms with Crippen molar-refractivity contribution in [2.75, 3.05) is 5.73 Å². The summed E-state index contributed by atoms with van der Waals surface area (Å²) in [5.41, 5.74) is 8.18. The van der Waals surface area contributed by atoms with E-state index in [0.717, 1.165) is 4.90 Å². The predicted octanol–water partition coefficient (Wildman–Crippen LogP) is 3.43. The van der Waals surface area contributed by atoms with Crippen LogP contribution in [-0.4, -0.2) is 4.98 Å². The van der Waals surface area contributed by atoms with Gasteiger partial charge in [-0.05, 0) is 49.2 Å². The van der Waals surface area contributed by atoms with Crippen LogP contribution in [0.5, 0.6) is 0 Å². The second-order valence-corrected chi connectivity index (χ2v) is 4.91. The molecule has 3 heteroatoms. The van der Waals surface area contributed by atoms with Crippen molar-refractivity contribution in [1.82, 2.24) is 4.98 Å². The summed E-state index contributed by atoms with van der Waals surface area (Å²) < 4.78 is 0. The third-order valence-electron chi connectivity index (χ3n) is 2.47. The van der Waals surface area contributed by atoms with Crippen LogP contribution in [0.4, 0.5) is 5.82 Å². The minimum absolute atomic E-state index is 0.560. The summed E-state index contributed by atoms with van der Waals surface area (Å²) in [5.74, 6) is 0.560. The Morgan fingerprint density at radius 2 is 1.75 bits per heavy atom. The van der Waals surface area contributed by atoms with Gasteiger partial charge in [0.1, 0.15) is 5.82 Å². The number of nitrogens with zero attached hydrogens (tertiary/aromatic N) is 1. The second kappa shape index (κ2) is 4.58. The molecule has 0 aliphatic rings. The predicted molar refractivity (Wildman–Crippen MR) is 68.7 cm³/mol. The van der Waals surface area contributed by atoms with Gasteiger partial charge in [0, 0.05) is 16.0 Å². The third-order valence-corrected chi connectivity index (χ3v) is 3.44. The van der Waals surface area contributed by atoms with E-state index in [2.05, 4.69) is 37.0 Å². The molecule has 0 aliphatic carbocycles. The van der Waals surface area contributed by atoms with Gasteiger partial charge in [0.25, 0.3) is 0 Å². The van der Waals surface area contributed by atoms with E-state index in [-0.39, 0.29) is 0 Å². The average molecular weight is 230 g/mol. The van der Waals surface area contributed by atoms with E-state index in [1.807, 2.05) is 12.1 Å². The van der Waals surface area contributed by atoms with Crippen LogP contribution < -0.4 is 5.73 Å². The second-order valence-electron chi connectivity index (χ2n) is 3.77. The molecule has 0 fully saturated rings. The Hall–Kier alpha value is -1.48. The number of pyridine rings is 1. The number of benzene rings is 1. The van der Waals surface area contributed by atoms with Gasteiger partial charge in [-0.3, -0.25) is 0 Å². The molecule has 0 amide bonds. The first-order valence-electron chi connectivity index (χ1n) is 5.12. The first-order chi connectivity index (χ1) is 7.65. The molecule has 0 saturated heterocycles. The van der Waals surface area contributed by atoms with Gasteiger partial charge in [0.05, 0.1) is 0 Å². The van der Waals surface area contributed by atoms with E-state index in [1.54, 1.807) is 18.0 Å². The first-order valence-corrected chi connectivity index (χ1v) is 5.93. The van der Waals surface area contributed by atoms with Crippen LogP contribution in [0.1, 0.15) is 11.1 Å². The quantitative estimate of drug-likeness (QED) is 0.859. The molecule has 0 spiro atoms. The summed E-state index contributed by atoms with van der Waals surface area (Å²) in [6, 6.07) is 10.3. The van der Waals surface area contributed by atoms with Crippen molar-refractivity contribution in [3.8, 4) is 0 Å². The Bertz CT molecular complexity index is 492. The molecular formula is C13H14N2S. The highest BCUT2D eigenvalue weighted by Crippen LogP contribution is 2.28. The van der Waals surface area contributed by atoms with E-state index in [9.17, 15) is 0 Å². The number of hydrogen-bond donors (Lipinski definition) is 1. The van der Waals surface area contributed by atoms with E-state index >= 15 is 0 Å². The molecule has 2 nitrogen and oxygen atoms in total. The van der Waals surface area contributed by atoms with Gasteiger partial charge in [-0.2, -0.15) is 0 Å². The lowest BCUT2D eigenvalue weighted by atomic mass is 10.1. The van der Waals surface area contributed by atoms with E-state index < -0.39 is 0 Å². The average Bonchev–Trinajstić information content (AvgIpc) is 2.27. The van der Waals surface area contributed by atoms with Crippen LogP contribution in [0.25, 0.3) is 0 Å². The summed E-state index contributed by atoms with van der Waals surface area (Å²) in [7, 11) is 0. The van der Waals surface area contributed by atoms with Crippen molar-refractivity contribution in [2.45, 2.75) is 23.6 Å². The fourth-order valence-corrected chi connectivity index (χ4v) is 2.25. The highest BCUT2D eigenvalue weighted by Gasteiger charge is 1.99. The van der Waals surface area contributed by atoms with Crippen molar-refractivity contribution in [2.24, 2.45) is 0 Å². The zero-order chi connectivity index (χ0) is 11.5. The van der Waals surface area contributed by atoms with Crippen LogP contribution in [0.15, 0.2) is 46.3 Å². The number of rotatable bonds is 2. The lowest BCUT2D eigenvalue weighted by molar-refractivity contribution is 1.23. The summed E-state index contributed by atoms with van der Waals surface area (Å²) in [6.07, 6.45) is 1.80. The van der Waals surface area contributed by atoms with Crippen LogP contribution in [0, 0.1) is 13.8 Å². The lowest BCUT2D eigenvalue weighted by Crippen LogP contribution is -1.88. The van der Waals surface area contributed by atoms with Gasteiger partial charge in [0.15, 0.2) is 0 Å². The smallest absolute Gasteiger partial charge is 0.123 e. The van der Waals surface area contributed by atoms with Gasteiger partial charge in [0.2, 0.25) is 0 Å². The van der Waals surface area contributed by atoms with Crippen molar-refractivity contribution in [3.63, 3.8) is 0 Å². The summed E-state index contributed by atoms with van der Waals surface area (Å²) in [4.78, 5) is 6.41. The molecule has 0 unspecified atom stereocenters. The zero-order valence-corrected chi connectivity index (χ0v) is 10.2. The lowest BCUT2D eigenvalue weighted by Gasteiger charge is -2.04. The summed E-state index contributed by atoms with van der Waals surface area (Å²) in [6.45, 7) is 4.25. The number of nitrogens with two attached hydrogens (primary N) is 1. The number of nitrogen functional groups attached to an aromatic ring is 1. The fourth-order valence-electron chi connectivity index (χ4n) is 1.37.